The number of likely N-dealkylation sites (tertiary alicyclic amines) is 2. The molecule has 4 atom stereocenters. The van der Waals surface area contributed by atoms with Crippen LogP contribution in [0.1, 0.15) is 81.1 Å². The zero-order valence-electron chi connectivity index (χ0n) is 24.4. The first-order valence-corrected chi connectivity index (χ1v) is 13.7. The molecule has 13 heteroatoms. The molecule has 1 unspecified atom stereocenters. The molecule has 0 radical (unpaired) electrons. The maximum absolute atomic E-state index is 13.3. The van der Waals surface area contributed by atoms with Gasteiger partial charge in [0.15, 0.2) is 0 Å². The van der Waals surface area contributed by atoms with E-state index in [2.05, 4.69) is 5.32 Å². The van der Waals surface area contributed by atoms with Gasteiger partial charge in [0, 0.05) is 19.0 Å². The Balaban J connectivity index is 1.69. The number of carboxylic acids is 1. The SMILES string of the molecule is CC(NC(=O)OC(C)(C)C)C(=O)N1CC[C@H]2[C@@H]1CN(C(=O)O)[C@@]2(CCCCB1OC(C)(C)C(C)(C)O1)C(=O)O. The molecule has 0 aliphatic carbocycles. The fourth-order valence-corrected chi connectivity index (χ4v) is 5.99. The number of carbonyl (C=O) groups is 4. The number of amides is 3. The van der Waals surface area contributed by atoms with Crippen molar-refractivity contribution in [2.75, 3.05) is 13.1 Å². The van der Waals surface area contributed by atoms with Crippen molar-refractivity contribution in [3.63, 3.8) is 0 Å². The van der Waals surface area contributed by atoms with Crippen LogP contribution in [0.25, 0.3) is 0 Å². The van der Waals surface area contributed by atoms with Crippen molar-refractivity contribution in [1.29, 1.82) is 0 Å². The summed E-state index contributed by atoms with van der Waals surface area (Å²) >= 11 is 0. The average Bonchev–Trinajstić information content (AvgIpc) is 3.38. The molecule has 3 fully saturated rings. The number of hydrogen-bond acceptors (Lipinski definition) is 7. The van der Waals surface area contributed by atoms with Crippen molar-refractivity contribution in [1.82, 2.24) is 15.1 Å². The molecule has 0 saturated carbocycles. The van der Waals surface area contributed by atoms with Crippen molar-refractivity contribution >= 4 is 31.2 Å². The molecule has 3 heterocycles. The summed E-state index contributed by atoms with van der Waals surface area (Å²) in [7, 11) is -0.416. The van der Waals surface area contributed by atoms with Crippen LogP contribution in [-0.4, -0.2) is 98.7 Å². The zero-order valence-corrected chi connectivity index (χ0v) is 24.4. The van der Waals surface area contributed by atoms with Gasteiger partial charge in [-0.3, -0.25) is 9.69 Å². The summed E-state index contributed by atoms with van der Waals surface area (Å²) < 4.78 is 17.3. The quantitative estimate of drug-likeness (QED) is 0.304. The van der Waals surface area contributed by atoms with Crippen LogP contribution in [0.4, 0.5) is 9.59 Å². The molecule has 3 aliphatic rings. The van der Waals surface area contributed by atoms with Crippen LogP contribution in [0.2, 0.25) is 6.32 Å². The number of fused-ring (bicyclic) bond motifs is 1. The molecule has 39 heavy (non-hydrogen) atoms. The molecule has 0 aromatic carbocycles. The van der Waals surface area contributed by atoms with Crippen LogP contribution in [0.3, 0.4) is 0 Å². The highest BCUT2D eigenvalue weighted by Gasteiger charge is 2.64. The first-order chi connectivity index (χ1) is 17.8. The number of nitrogens with one attached hydrogen (secondary N) is 1. The predicted octanol–water partition coefficient (Wildman–Crippen LogP) is 3.20. The van der Waals surface area contributed by atoms with Gasteiger partial charge in [0.05, 0.1) is 17.2 Å². The van der Waals surface area contributed by atoms with Gasteiger partial charge in [-0.1, -0.05) is 12.8 Å². The minimum atomic E-state index is -1.65. The molecule has 3 saturated heterocycles. The van der Waals surface area contributed by atoms with Crippen molar-refractivity contribution in [3.8, 4) is 0 Å². The van der Waals surface area contributed by atoms with Crippen LogP contribution in [0, 0.1) is 5.92 Å². The fraction of sp³-hybridized carbons (Fsp3) is 0.846. The van der Waals surface area contributed by atoms with Gasteiger partial charge in [-0.2, -0.15) is 0 Å². The maximum atomic E-state index is 13.3. The highest BCUT2D eigenvalue weighted by atomic mass is 16.7. The highest BCUT2D eigenvalue weighted by molar-refractivity contribution is 6.45. The maximum Gasteiger partial charge on any atom is 0.457 e. The highest BCUT2D eigenvalue weighted by Crippen LogP contribution is 2.47. The zero-order chi connectivity index (χ0) is 29.6. The molecule has 3 rings (SSSR count). The largest absolute Gasteiger partial charge is 0.479 e. The summed E-state index contributed by atoms with van der Waals surface area (Å²) in [5.74, 6) is -2.18. The summed E-state index contributed by atoms with van der Waals surface area (Å²) in [4.78, 5) is 53.0. The Kier molecular flexibility index (Phi) is 8.58. The molecule has 12 nitrogen and oxygen atoms in total. The summed E-state index contributed by atoms with van der Waals surface area (Å²) in [5, 5.41) is 22.9. The minimum absolute atomic E-state index is 0.103. The topological polar surface area (TPSA) is 155 Å². The Morgan fingerprint density at radius 1 is 1.08 bits per heavy atom. The van der Waals surface area contributed by atoms with E-state index in [0.717, 1.165) is 4.90 Å². The molecule has 3 aliphatic heterocycles. The number of ether oxygens (including phenoxy) is 1. The molecule has 0 aromatic rings. The van der Waals surface area contributed by atoms with Gasteiger partial charge in [-0.25, -0.2) is 14.4 Å². The minimum Gasteiger partial charge on any atom is -0.479 e. The second-order valence-corrected chi connectivity index (χ2v) is 12.9. The number of unbranched alkanes of at least 4 members (excludes halogenated alkanes) is 1. The normalized spacial score (nSPS) is 28.3. The number of alkyl carbamates (subject to hydrolysis) is 1. The lowest BCUT2D eigenvalue weighted by molar-refractivity contribution is -0.151. The number of aliphatic carboxylic acids is 1. The second-order valence-electron chi connectivity index (χ2n) is 12.9. The second kappa shape index (κ2) is 10.8. The summed E-state index contributed by atoms with van der Waals surface area (Å²) in [5.41, 5.74) is -3.31. The molecular formula is C26H44BN3O9. The Morgan fingerprint density at radius 3 is 2.18 bits per heavy atom. The van der Waals surface area contributed by atoms with Crippen LogP contribution in [0.5, 0.6) is 0 Å². The molecule has 3 N–H and O–H groups in total. The number of hydrogen-bond donors (Lipinski definition) is 3. The van der Waals surface area contributed by atoms with Crippen LogP contribution in [-0.2, 0) is 23.6 Å². The third kappa shape index (κ3) is 6.13. The van der Waals surface area contributed by atoms with Gasteiger partial charge in [-0.05, 0) is 74.6 Å². The summed E-state index contributed by atoms with van der Waals surface area (Å²) in [6.45, 7) is 14.7. The standard InChI is InChI=1S/C26H44BN3O9/c1-16(28-21(34)37-23(2,3)4)19(31)29-14-11-17-18(29)15-30(22(35)36)26(17,20(32)33)12-9-10-13-27-38-24(5,6)25(7,8)39-27/h16-18H,9-15H2,1-8H3,(H,28,34)(H,32,33)(H,35,36)/t16?,17-,18-,26+/m0/s1. The first kappa shape index (κ1) is 31.0. The van der Waals surface area contributed by atoms with Crippen LogP contribution < -0.4 is 5.32 Å². The molecule has 0 spiro atoms. The Labute approximate surface area is 230 Å². The van der Waals surface area contributed by atoms with Crippen LogP contribution in [0.15, 0.2) is 0 Å². The van der Waals surface area contributed by atoms with Gasteiger partial charge in [0.2, 0.25) is 5.91 Å². The van der Waals surface area contributed by atoms with Gasteiger partial charge in [-0.15, -0.1) is 0 Å². The van der Waals surface area contributed by atoms with Crippen LogP contribution >= 0.6 is 0 Å². The Hall–Kier alpha value is -2.54. The lowest BCUT2D eigenvalue weighted by atomic mass is 9.76. The first-order valence-electron chi connectivity index (χ1n) is 13.7. The fourth-order valence-electron chi connectivity index (χ4n) is 5.99. The lowest BCUT2D eigenvalue weighted by Gasteiger charge is -2.36. The lowest BCUT2D eigenvalue weighted by Crippen LogP contribution is -2.56. The predicted molar refractivity (Wildman–Crippen MR) is 142 cm³/mol. The molecule has 0 bridgehead atoms. The van der Waals surface area contributed by atoms with E-state index in [1.54, 1.807) is 20.8 Å². The number of carbonyl (C=O) groups excluding carboxylic acids is 2. The van der Waals surface area contributed by atoms with Gasteiger partial charge >= 0.3 is 25.3 Å². The van der Waals surface area contributed by atoms with Crippen molar-refractivity contribution in [3.05, 3.63) is 0 Å². The number of carboxylic acid groups (broad SMARTS) is 2. The van der Waals surface area contributed by atoms with E-state index in [-0.39, 0.29) is 19.5 Å². The molecule has 0 aromatic heterocycles. The van der Waals surface area contributed by atoms with Crippen molar-refractivity contribution in [2.24, 2.45) is 5.92 Å². The monoisotopic (exact) mass is 553 g/mol. The average molecular weight is 553 g/mol. The van der Waals surface area contributed by atoms with Gasteiger partial charge in [0.25, 0.3) is 0 Å². The molecule has 3 amide bonds. The van der Waals surface area contributed by atoms with Gasteiger partial charge < -0.3 is 34.5 Å². The van der Waals surface area contributed by atoms with E-state index in [4.69, 9.17) is 14.0 Å². The summed E-state index contributed by atoms with van der Waals surface area (Å²) in [6, 6.07) is -1.52. The number of nitrogens with zero attached hydrogens (tertiary/aromatic N) is 2. The Morgan fingerprint density at radius 2 is 1.67 bits per heavy atom. The van der Waals surface area contributed by atoms with E-state index >= 15 is 0 Å². The Bertz CT molecular complexity index is 966. The summed E-state index contributed by atoms with van der Waals surface area (Å²) in [6.07, 6.45) is 0.00254. The third-order valence-electron chi connectivity index (χ3n) is 8.55. The third-order valence-corrected chi connectivity index (χ3v) is 8.55. The van der Waals surface area contributed by atoms with Crippen molar-refractivity contribution in [2.45, 2.75) is 122 Å². The molecular weight excluding hydrogens is 509 g/mol. The number of rotatable bonds is 8. The smallest absolute Gasteiger partial charge is 0.457 e. The van der Waals surface area contributed by atoms with E-state index in [1.165, 1.54) is 11.8 Å². The van der Waals surface area contributed by atoms with Gasteiger partial charge in [0.1, 0.15) is 17.2 Å². The van der Waals surface area contributed by atoms with E-state index in [0.29, 0.717) is 25.6 Å². The van der Waals surface area contributed by atoms with E-state index in [1.807, 2.05) is 27.7 Å². The molecule has 220 valence electrons. The van der Waals surface area contributed by atoms with E-state index < -0.39 is 71.5 Å². The van der Waals surface area contributed by atoms with Crippen molar-refractivity contribution < 1.29 is 43.4 Å². The van der Waals surface area contributed by atoms with E-state index in [9.17, 15) is 29.4 Å².